The van der Waals surface area contributed by atoms with Crippen molar-refractivity contribution in [2.24, 2.45) is 0 Å². The third kappa shape index (κ3) is 3.79. The zero-order valence-corrected chi connectivity index (χ0v) is 16.0. The fraction of sp³-hybridized carbons (Fsp3) is 0.588. The maximum atomic E-state index is 12.9. The number of quaternary nitrogens is 1. The number of hydrogen-bond acceptors (Lipinski definition) is 5. The van der Waals surface area contributed by atoms with Gasteiger partial charge in [-0.15, -0.1) is 0 Å². The van der Waals surface area contributed by atoms with E-state index in [0.717, 1.165) is 4.90 Å². The zero-order chi connectivity index (χ0) is 18.7. The van der Waals surface area contributed by atoms with Crippen molar-refractivity contribution in [3.8, 4) is 11.5 Å². The minimum atomic E-state index is -3.59. The Balaban J connectivity index is 1.67. The molecule has 0 spiro atoms. The summed E-state index contributed by atoms with van der Waals surface area (Å²) in [6.07, 6.45) is 0. The summed E-state index contributed by atoms with van der Waals surface area (Å²) in [5.74, 6) is 1.04. The first-order valence-corrected chi connectivity index (χ1v) is 10.4. The van der Waals surface area contributed by atoms with Crippen LogP contribution in [0.25, 0.3) is 0 Å². The minimum absolute atomic E-state index is 0.00523. The number of piperazine rings is 1. The Bertz CT molecular complexity index is 760. The normalized spacial score (nSPS) is 19.8. The Hall–Kier alpha value is -1.84. The minimum Gasteiger partial charge on any atom is -0.486 e. The molecule has 2 heterocycles. The van der Waals surface area contributed by atoms with E-state index in [4.69, 9.17) is 9.47 Å². The second kappa shape index (κ2) is 7.81. The van der Waals surface area contributed by atoms with Crippen LogP contribution >= 0.6 is 0 Å². The molecule has 144 valence electrons. The number of fused-ring (bicyclic) bond motifs is 1. The molecular formula is C17H26N3O5S+. The molecule has 1 amide bonds. The molecule has 0 radical (unpaired) electrons. The number of nitrogens with zero attached hydrogens (tertiary/aromatic N) is 1. The number of likely N-dealkylation sites (N-methyl/N-ethyl adjacent to an activating group) is 1. The van der Waals surface area contributed by atoms with E-state index < -0.39 is 10.0 Å². The molecule has 2 aliphatic rings. The summed E-state index contributed by atoms with van der Waals surface area (Å²) in [6, 6.07) is 4.54. The van der Waals surface area contributed by atoms with Crippen LogP contribution in [-0.4, -0.2) is 70.6 Å². The summed E-state index contributed by atoms with van der Waals surface area (Å²) in [6.45, 7) is 7.21. The van der Waals surface area contributed by atoms with Crippen LogP contribution in [-0.2, 0) is 14.8 Å². The third-order valence-corrected chi connectivity index (χ3v) is 6.77. The quantitative estimate of drug-likeness (QED) is 0.671. The van der Waals surface area contributed by atoms with Gasteiger partial charge < -0.3 is 19.7 Å². The van der Waals surface area contributed by atoms with Crippen molar-refractivity contribution in [3.05, 3.63) is 18.2 Å². The maximum Gasteiger partial charge on any atom is 0.278 e. The van der Waals surface area contributed by atoms with E-state index >= 15 is 0 Å². The van der Waals surface area contributed by atoms with Crippen LogP contribution < -0.4 is 19.7 Å². The summed E-state index contributed by atoms with van der Waals surface area (Å²) in [5.41, 5.74) is 0. The molecule has 1 aromatic rings. The average Bonchev–Trinajstić information content (AvgIpc) is 2.67. The van der Waals surface area contributed by atoms with Gasteiger partial charge in [-0.05, 0) is 26.0 Å². The molecule has 0 saturated carbocycles. The lowest BCUT2D eigenvalue weighted by Gasteiger charge is -2.34. The van der Waals surface area contributed by atoms with E-state index in [1.807, 2.05) is 13.8 Å². The number of amides is 1. The first-order chi connectivity index (χ1) is 12.4. The second-order valence-corrected chi connectivity index (χ2v) is 8.42. The number of carbonyl (C=O) groups is 1. The second-order valence-electron chi connectivity index (χ2n) is 6.48. The SMILES string of the molecule is CCNC(=O)[C@@H](C)[NH+]1CCN(S(=O)(=O)c2ccc3c(c2)OCCO3)CC1. The number of hydrogen-bond donors (Lipinski definition) is 2. The first kappa shape index (κ1) is 18.9. The zero-order valence-electron chi connectivity index (χ0n) is 15.2. The van der Waals surface area contributed by atoms with Gasteiger partial charge in [-0.1, -0.05) is 0 Å². The van der Waals surface area contributed by atoms with E-state index in [1.165, 1.54) is 10.4 Å². The Morgan fingerprint density at radius 3 is 2.54 bits per heavy atom. The number of sulfonamides is 1. The molecule has 0 unspecified atom stereocenters. The highest BCUT2D eigenvalue weighted by Crippen LogP contribution is 2.33. The van der Waals surface area contributed by atoms with Crippen LogP contribution in [0.4, 0.5) is 0 Å². The van der Waals surface area contributed by atoms with Gasteiger partial charge in [0, 0.05) is 12.6 Å². The molecule has 26 heavy (non-hydrogen) atoms. The highest BCUT2D eigenvalue weighted by atomic mass is 32.2. The average molecular weight is 384 g/mol. The fourth-order valence-corrected chi connectivity index (χ4v) is 4.75. The van der Waals surface area contributed by atoms with Crippen LogP contribution in [0.5, 0.6) is 11.5 Å². The number of benzene rings is 1. The molecule has 0 bridgehead atoms. The maximum absolute atomic E-state index is 12.9. The Morgan fingerprint density at radius 2 is 1.88 bits per heavy atom. The van der Waals surface area contributed by atoms with Crippen molar-refractivity contribution in [1.29, 1.82) is 0 Å². The number of nitrogens with one attached hydrogen (secondary N) is 2. The lowest BCUT2D eigenvalue weighted by molar-refractivity contribution is -0.917. The monoisotopic (exact) mass is 384 g/mol. The largest absolute Gasteiger partial charge is 0.486 e. The molecule has 2 aliphatic heterocycles. The van der Waals surface area contributed by atoms with Gasteiger partial charge >= 0.3 is 0 Å². The van der Waals surface area contributed by atoms with E-state index in [1.54, 1.807) is 12.1 Å². The van der Waals surface area contributed by atoms with Gasteiger partial charge in [0.1, 0.15) is 13.2 Å². The molecule has 8 nitrogen and oxygen atoms in total. The highest BCUT2D eigenvalue weighted by molar-refractivity contribution is 7.89. The Labute approximate surface area is 154 Å². The smallest absolute Gasteiger partial charge is 0.278 e. The van der Waals surface area contributed by atoms with Crippen LogP contribution in [0.2, 0.25) is 0 Å². The first-order valence-electron chi connectivity index (χ1n) is 8.95. The van der Waals surface area contributed by atoms with Crippen molar-refractivity contribution in [1.82, 2.24) is 9.62 Å². The molecule has 9 heteroatoms. The van der Waals surface area contributed by atoms with Crippen LogP contribution in [0.3, 0.4) is 0 Å². The Kier molecular flexibility index (Phi) is 5.69. The predicted molar refractivity (Wildman–Crippen MR) is 95.0 cm³/mol. The lowest BCUT2D eigenvalue weighted by Crippen LogP contribution is -3.19. The standard InChI is InChI=1S/C17H25N3O5S/c1-3-18-17(21)13(2)19-6-8-20(9-7-19)26(22,23)14-4-5-15-16(12-14)25-11-10-24-15/h4-5,12-13H,3,6-11H2,1-2H3,(H,18,21)/p+1/t13-/m1/s1. The van der Waals surface area contributed by atoms with Crippen LogP contribution in [0.15, 0.2) is 23.1 Å². The topological polar surface area (TPSA) is 89.4 Å². The van der Waals surface area contributed by atoms with E-state index in [0.29, 0.717) is 57.4 Å². The van der Waals surface area contributed by atoms with Crippen molar-refractivity contribution in [2.45, 2.75) is 24.8 Å². The summed E-state index contributed by atoms with van der Waals surface area (Å²) < 4.78 is 38.3. The molecule has 1 saturated heterocycles. The van der Waals surface area contributed by atoms with Crippen molar-refractivity contribution in [3.63, 3.8) is 0 Å². The predicted octanol–water partition coefficient (Wildman–Crippen LogP) is -1.13. The van der Waals surface area contributed by atoms with Gasteiger partial charge in [-0.25, -0.2) is 8.42 Å². The molecular weight excluding hydrogens is 358 g/mol. The molecule has 0 aromatic heterocycles. The summed E-state index contributed by atoms with van der Waals surface area (Å²) in [5, 5.41) is 2.82. The van der Waals surface area contributed by atoms with Gasteiger partial charge in [0.05, 0.1) is 31.1 Å². The van der Waals surface area contributed by atoms with Gasteiger partial charge in [-0.2, -0.15) is 4.31 Å². The van der Waals surface area contributed by atoms with Gasteiger partial charge in [0.15, 0.2) is 17.5 Å². The molecule has 2 N–H and O–H groups in total. The highest BCUT2D eigenvalue weighted by Gasteiger charge is 2.34. The van der Waals surface area contributed by atoms with Crippen molar-refractivity contribution in [2.75, 3.05) is 45.9 Å². The molecule has 1 atom stereocenters. The summed E-state index contributed by atoms with van der Waals surface area (Å²) >= 11 is 0. The fourth-order valence-electron chi connectivity index (χ4n) is 3.29. The van der Waals surface area contributed by atoms with Gasteiger partial charge in [0.25, 0.3) is 5.91 Å². The molecule has 0 aliphatic carbocycles. The summed E-state index contributed by atoms with van der Waals surface area (Å²) in [7, 11) is -3.59. The lowest BCUT2D eigenvalue weighted by atomic mass is 10.2. The van der Waals surface area contributed by atoms with E-state index in [9.17, 15) is 13.2 Å². The third-order valence-electron chi connectivity index (χ3n) is 4.87. The molecule has 3 rings (SSSR count). The molecule has 1 aromatic carbocycles. The summed E-state index contributed by atoms with van der Waals surface area (Å²) in [4.78, 5) is 13.3. The van der Waals surface area contributed by atoms with Crippen molar-refractivity contribution < 1.29 is 27.6 Å². The van der Waals surface area contributed by atoms with E-state index in [2.05, 4.69) is 5.32 Å². The number of carbonyl (C=O) groups excluding carboxylic acids is 1. The molecule has 1 fully saturated rings. The number of ether oxygens (including phenoxy) is 2. The van der Waals surface area contributed by atoms with Gasteiger partial charge in [-0.3, -0.25) is 4.79 Å². The van der Waals surface area contributed by atoms with Crippen LogP contribution in [0.1, 0.15) is 13.8 Å². The Morgan fingerprint density at radius 1 is 1.23 bits per heavy atom. The van der Waals surface area contributed by atoms with Crippen molar-refractivity contribution >= 4 is 15.9 Å². The van der Waals surface area contributed by atoms with E-state index in [-0.39, 0.29) is 16.8 Å². The van der Waals surface area contributed by atoms with Gasteiger partial charge in [0.2, 0.25) is 10.0 Å². The van der Waals surface area contributed by atoms with Crippen LogP contribution in [0, 0.1) is 0 Å². The number of rotatable bonds is 5.